The molecule has 0 bridgehead atoms. The van der Waals surface area contributed by atoms with Gasteiger partial charge in [0.05, 0.1) is 0 Å². The number of fused-ring (bicyclic) bond motifs is 1. The van der Waals surface area contributed by atoms with Crippen molar-refractivity contribution in [2.75, 3.05) is 18.0 Å². The lowest BCUT2D eigenvalue weighted by Crippen LogP contribution is -2.22. The SMILES string of the molecule is Brc1ccc(N2CC3CC3C2)nc1. The van der Waals surface area contributed by atoms with Crippen LogP contribution in [0.4, 0.5) is 5.82 Å². The summed E-state index contributed by atoms with van der Waals surface area (Å²) in [5.41, 5.74) is 0. The second kappa shape index (κ2) is 2.71. The van der Waals surface area contributed by atoms with E-state index < -0.39 is 0 Å². The van der Waals surface area contributed by atoms with Crippen molar-refractivity contribution in [2.45, 2.75) is 6.42 Å². The van der Waals surface area contributed by atoms with Gasteiger partial charge in [-0.05, 0) is 46.3 Å². The third kappa shape index (κ3) is 1.35. The minimum atomic E-state index is 0.977. The summed E-state index contributed by atoms with van der Waals surface area (Å²) in [6.07, 6.45) is 3.33. The summed E-state index contributed by atoms with van der Waals surface area (Å²) in [5, 5.41) is 0. The number of hydrogen-bond acceptors (Lipinski definition) is 2. The van der Waals surface area contributed by atoms with Gasteiger partial charge in [-0.25, -0.2) is 4.98 Å². The third-order valence-electron chi connectivity index (χ3n) is 3.01. The average molecular weight is 239 g/mol. The molecule has 2 atom stereocenters. The molecule has 68 valence electrons. The monoisotopic (exact) mass is 238 g/mol. The van der Waals surface area contributed by atoms with Crippen molar-refractivity contribution >= 4 is 21.7 Å². The summed E-state index contributed by atoms with van der Waals surface area (Å²) >= 11 is 3.39. The summed E-state index contributed by atoms with van der Waals surface area (Å²) in [6, 6.07) is 4.15. The lowest BCUT2D eigenvalue weighted by Gasteiger charge is -2.18. The summed E-state index contributed by atoms with van der Waals surface area (Å²) < 4.78 is 1.06. The summed E-state index contributed by atoms with van der Waals surface area (Å²) in [4.78, 5) is 6.79. The molecule has 2 fully saturated rings. The van der Waals surface area contributed by atoms with Crippen molar-refractivity contribution in [1.82, 2.24) is 4.98 Å². The Balaban J connectivity index is 1.81. The molecule has 3 rings (SSSR count). The Labute approximate surface area is 86.1 Å². The van der Waals surface area contributed by atoms with E-state index in [0.717, 1.165) is 22.1 Å². The Morgan fingerprint density at radius 3 is 2.69 bits per heavy atom. The number of rotatable bonds is 1. The molecule has 0 radical (unpaired) electrons. The Bertz CT molecular complexity index is 312. The van der Waals surface area contributed by atoms with Crippen LogP contribution in [0.3, 0.4) is 0 Å². The zero-order chi connectivity index (χ0) is 8.84. The van der Waals surface area contributed by atoms with Crippen molar-refractivity contribution in [1.29, 1.82) is 0 Å². The average Bonchev–Trinajstić information content (AvgIpc) is 2.75. The molecule has 1 aliphatic carbocycles. The molecule has 2 heterocycles. The third-order valence-corrected chi connectivity index (χ3v) is 3.48. The van der Waals surface area contributed by atoms with Crippen LogP contribution >= 0.6 is 15.9 Å². The Kier molecular flexibility index (Phi) is 1.62. The predicted octanol–water partition coefficient (Wildman–Crippen LogP) is 2.30. The van der Waals surface area contributed by atoms with Gasteiger partial charge in [-0.3, -0.25) is 0 Å². The first kappa shape index (κ1) is 7.80. The van der Waals surface area contributed by atoms with Gasteiger partial charge in [0.15, 0.2) is 0 Å². The molecular weight excluding hydrogens is 228 g/mol. The molecule has 0 aromatic carbocycles. The van der Waals surface area contributed by atoms with Gasteiger partial charge in [-0.15, -0.1) is 0 Å². The van der Waals surface area contributed by atoms with Crippen LogP contribution in [0.1, 0.15) is 6.42 Å². The first-order valence-corrected chi connectivity index (χ1v) is 5.49. The second-order valence-electron chi connectivity index (χ2n) is 4.00. The number of halogens is 1. The highest BCUT2D eigenvalue weighted by Gasteiger charge is 2.45. The van der Waals surface area contributed by atoms with E-state index in [2.05, 4.69) is 37.9 Å². The molecule has 1 aromatic heterocycles. The van der Waals surface area contributed by atoms with Crippen LogP contribution < -0.4 is 4.90 Å². The van der Waals surface area contributed by atoms with Gasteiger partial charge in [0.25, 0.3) is 0 Å². The lowest BCUT2D eigenvalue weighted by atomic mass is 10.4. The van der Waals surface area contributed by atoms with Crippen molar-refractivity contribution in [2.24, 2.45) is 11.8 Å². The molecular formula is C10H11BrN2. The van der Waals surface area contributed by atoms with Crippen LogP contribution in [0.2, 0.25) is 0 Å². The number of nitrogens with zero attached hydrogens (tertiary/aromatic N) is 2. The highest BCUT2D eigenvalue weighted by molar-refractivity contribution is 9.10. The maximum absolute atomic E-state index is 4.39. The van der Waals surface area contributed by atoms with Crippen LogP contribution in [0.15, 0.2) is 22.8 Å². The minimum absolute atomic E-state index is 0.977. The molecule has 2 unspecified atom stereocenters. The molecule has 13 heavy (non-hydrogen) atoms. The number of hydrogen-bond donors (Lipinski definition) is 0. The van der Waals surface area contributed by atoms with Crippen molar-refractivity contribution in [3.8, 4) is 0 Å². The van der Waals surface area contributed by atoms with E-state index in [1.54, 1.807) is 0 Å². The van der Waals surface area contributed by atoms with Gasteiger partial charge >= 0.3 is 0 Å². The smallest absolute Gasteiger partial charge is 0.128 e. The lowest BCUT2D eigenvalue weighted by molar-refractivity contribution is 0.805. The minimum Gasteiger partial charge on any atom is -0.356 e. The number of aromatic nitrogens is 1. The van der Waals surface area contributed by atoms with Crippen LogP contribution in [0, 0.1) is 11.8 Å². The van der Waals surface area contributed by atoms with Gasteiger partial charge in [-0.1, -0.05) is 0 Å². The molecule has 1 aromatic rings. The molecule has 2 aliphatic rings. The fourth-order valence-electron chi connectivity index (χ4n) is 2.14. The maximum Gasteiger partial charge on any atom is 0.128 e. The molecule has 0 N–H and O–H groups in total. The van der Waals surface area contributed by atoms with Gasteiger partial charge in [0.2, 0.25) is 0 Å². The van der Waals surface area contributed by atoms with Crippen LogP contribution in [0.25, 0.3) is 0 Å². The van der Waals surface area contributed by atoms with Crippen molar-refractivity contribution in [3.05, 3.63) is 22.8 Å². The van der Waals surface area contributed by atoms with Gasteiger partial charge in [-0.2, -0.15) is 0 Å². The molecule has 0 amide bonds. The van der Waals surface area contributed by atoms with Crippen LogP contribution in [-0.2, 0) is 0 Å². The van der Waals surface area contributed by atoms with E-state index >= 15 is 0 Å². The number of pyridine rings is 1. The molecule has 1 aliphatic heterocycles. The largest absolute Gasteiger partial charge is 0.356 e. The first-order valence-electron chi connectivity index (χ1n) is 4.69. The Morgan fingerprint density at radius 1 is 1.31 bits per heavy atom. The molecule has 2 nitrogen and oxygen atoms in total. The Morgan fingerprint density at radius 2 is 2.08 bits per heavy atom. The fourth-order valence-corrected chi connectivity index (χ4v) is 2.37. The van der Waals surface area contributed by atoms with E-state index in [0.29, 0.717) is 0 Å². The van der Waals surface area contributed by atoms with E-state index in [1.165, 1.54) is 19.5 Å². The summed E-state index contributed by atoms with van der Waals surface area (Å²) in [6.45, 7) is 2.44. The molecule has 0 spiro atoms. The van der Waals surface area contributed by atoms with Gasteiger partial charge in [0, 0.05) is 23.8 Å². The van der Waals surface area contributed by atoms with Crippen LogP contribution in [-0.4, -0.2) is 18.1 Å². The fraction of sp³-hybridized carbons (Fsp3) is 0.500. The topological polar surface area (TPSA) is 16.1 Å². The first-order chi connectivity index (χ1) is 6.33. The van der Waals surface area contributed by atoms with Crippen LogP contribution in [0.5, 0.6) is 0 Å². The standard InChI is InChI=1S/C10H11BrN2/c11-9-1-2-10(12-4-9)13-5-7-3-8(7)6-13/h1-2,4,7-8H,3,5-6H2. The highest BCUT2D eigenvalue weighted by Crippen LogP contribution is 2.45. The quantitative estimate of drug-likeness (QED) is 0.747. The predicted molar refractivity (Wildman–Crippen MR) is 55.7 cm³/mol. The van der Waals surface area contributed by atoms with Gasteiger partial charge in [0.1, 0.15) is 5.82 Å². The van der Waals surface area contributed by atoms with E-state index in [-0.39, 0.29) is 0 Å². The zero-order valence-corrected chi connectivity index (χ0v) is 8.87. The number of piperidine rings is 1. The molecule has 1 saturated heterocycles. The second-order valence-corrected chi connectivity index (χ2v) is 4.91. The molecule has 3 heteroatoms. The number of anilines is 1. The maximum atomic E-state index is 4.39. The molecule has 1 saturated carbocycles. The van der Waals surface area contributed by atoms with E-state index in [1.807, 2.05) is 6.20 Å². The van der Waals surface area contributed by atoms with Gasteiger partial charge < -0.3 is 4.90 Å². The summed E-state index contributed by atoms with van der Waals surface area (Å²) in [7, 11) is 0. The normalized spacial score (nSPS) is 30.4. The van der Waals surface area contributed by atoms with E-state index in [9.17, 15) is 0 Å². The van der Waals surface area contributed by atoms with Crippen molar-refractivity contribution in [3.63, 3.8) is 0 Å². The van der Waals surface area contributed by atoms with E-state index in [4.69, 9.17) is 0 Å². The Hall–Kier alpha value is -0.570. The van der Waals surface area contributed by atoms with Crippen molar-refractivity contribution < 1.29 is 0 Å². The summed E-state index contributed by atoms with van der Waals surface area (Å²) in [5.74, 6) is 3.09. The zero-order valence-electron chi connectivity index (χ0n) is 7.28. The highest BCUT2D eigenvalue weighted by atomic mass is 79.9.